The van der Waals surface area contributed by atoms with Crippen molar-refractivity contribution < 1.29 is 14.3 Å². The number of rotatable bonds is 5. The average molecular weight is 307 g/mol. The molecule has 0 spiro atoms. The average Bonchev–Trinajstić information content (AvgIpc) is 2.54. The molecule has 0 aliphatic carbocycles. The molecule has 1 aliphatic heterocycles. The van der Waals surface area contributed by atoms with E-state index in [4.69, 9.17) is 15.2 Å². The maximum Gasteiger partial charge on any atom is 0.239 e. The van der Waals surface area contributed by atoms with Crippen molar-refractivity contribution in [3.8, 4) is 11.5 Å². The lowest BCUT2D eigenvalue weighted by Crippen LogP contribution is -2.52. The van der Waals surface area contributed by atoms with E-state index in [2.05, 4.69) is 4.90 Å². The van der Waals surface area contributed by atoms with E-state index in [0.717, 1.165) is 49.8 Å². The van der Waals surface area contributed by atoms with Crippen LogP contribution in [0.1, 0.15) is 12.5 Å². The van der Waals surface area contributed by atoms with Gasteiger partial charge in [0.05, 0.1) is 20.3 Å². The summed E-state index contributed by atoms with van der Waals surface area (Å²) in [6.45, 7) is 5.68. The van der Waals surface area contributed by atoms with Gasteiger partial charge in [-0.1, -0.05) is 0 Å². The van der Waals surface area contributed by atoms with Crippen LogP contribution in [0.2, 0.25) is 0 Å². The Morgan fingerprint density at radius 2 is 1.68 bits per heavy atom. The minimum Gasteiger partial charge on any atom is -0.497 e. The highest BCUT2D eigenvalue weighted by Gasteiger charge is 2.23. The van der Waals surface area contributed by atoms with Gasteiger partial charge < -0.3 is 20.1 Å². The molecular formula is C16H25N3O3. The quantitative estimate of drug-likeness (QED) is 0.867. The molecule has 0 aromatic heterocycles. The van der Waals surface area contributed by atoms with Crippen LogP contribution in [-0.4, -0.2) is 62.1 Å². The normalized spacial score (nSPS) is 17.2. The molecule has 1 aliphatic rings. The SMILES string of the molecule is COc1cc(CN2CCN(C(=O)[C@@H](C)N)CC2)cc(OC)c1. The van der Waals surface area contributed by atoms with Crippen molar-refractivity contribution in [2.24, 2.45) is 5.73 Å². The van der Waals surface area contributed by atoms with Gasteiger partial charge in [-0.3, -0.25) is 9.69 Å². The molecule has 0 radical (unpaired) electrons. The molecule has 1 saturated heterocycles. The zero-order valence-electron chi connectivity index (χ0n) is 13.5. The number of methoxy groups -OCH3 is 2. The van der Waals surface area contributed by atoms with Crippen LogP contribution in [0, 0.1) is 0 Å². The molecule has 0 bridgehead atoms. The number of carbonyl (C=O) groups is 1. The number of benzene rings is 1. The summed E-state index contributed by atoms with van der Waals surface area (Å²) in [5.74, 6) is 1.61. The fourth-order valence-electron chi connectivity index (χ4n) is 2.63. The van der Waals surface area contributed by atoms with E-state index in [1.807, 2.05) is 23.1 Å². The highest BCUT2D eigenvalue weighted by Crippen LogP contribution is 2.23. The third-order valence-corrected chi connectivity index (χ3v) is 3.89. The van der Waals surface area contributed by atoms with Gasteiger partial charge in [0.25, 0.3) is 0 Å². The fourth-order valence-corrected chi connectivity index (χ4v) is 2.63. The number of amides is 1. The van der Waals surface area contributed by atoms with Crippen molar-refractivity contribution in [3.05, 3.63) is 23.8 Å². The van der Waals surface area contributed by atoms with Crippen molar-refractivity contribution in [2.75, 3.05) is 40.4 Å². The zero-order valence-corrected chi connectivity index (χ0v) is 13.5. The number of ether oxygens (including phenoxy) is 2. The summed E-state index contributed by atoms with van der Waals surface area (Å²) >= 11 is 0. The first-order valence-corrected chi connectivity index (χ1v) is 7.52. The van der Waals surface area contributed by atoms with Crippen LogP contribution in [-0.2, 0) is 11.3 Å². The van der Waals surface area contributed by atoms with Gasteiger partial charge in [-0.05, 0) is 24.6 Å². The molecule has 1 aromatic carbocycles. The van der Waals surface area contributed by atoms with Crippen molar-refractivity contribution in [1.82, 2.24) is 9.80 Å². The van der Waals surface area contributed by atoms with Crippen LogP contribution in [0.4, 0.5) is 0 Å². The highest BCUT2D eigenvalue weighted by atomic mass is 16.5. The number of carbonyl (C=O) groups excluding carboxylic acids is 1. The molecular weight excluding hydrogens is 282 g/mol. The van der Waals surface area contributed by atoms with Gasteiger partial charge in [0.15, 0.2) is 0 Å². The van der Waals surface area contributed by atoms with Crippen LogP contribution in [0.25, 0.3) is 0 Å². The Morgan fingerprint density at radius 3 is 2.14 bits per heavy atom. The van der Waals surface area contributed by atoms with E-state index < -0.39 is 6.04 Å². The molecule has 1 atom stereocenters. The van der Waals surface area contributed by atoms with Crippen molar-refractivity contribution in [3.63, 3.8) is 0 Å². The van der Waals surface area contributed by atoms with Crippen LogP contribution >= 0.6 is 0 Å². The predicted octanol–water partition coefficient (Wildman–Crippen LogP) is 0.695. The molecule has 1 amide bonds. The van der Waals surface area contributed by atoms with Crippen LogP contribution in [0.5, 0.6) is 11.5 Å². The Kier molecular flexibility index (Phi) is 5.63. The van der Waals surface area contributed by atoms with Gasteiger partial charge in [0.1, 0.15) is 11.5 Å². The molecule has 0 unspecified atom stereocenters. The number of hydrogen-bond donors (Lipinski definition) is 1. The molecule has 6 nitrogen and oxygen atoms in total. The van der Waals surface area contributed by atoms with E-state index >= 15 is 0 Å². The molecule has 1 fully saturated rings. The number of piperazine rings is 1. The van der Waals surface area contributed by atoms with E-state index in [0.29, 0.717) is 0 Å². The first kappa shape index (κ1) is 16.6. The van der Waals surface area contributed by atoms with E-state index in [1.165, 1.54) is 0 Å². The van der Waals surface area contributed by atoms with Gasteiger partial charge in [-0.15, -0.1) is 0 Å². The van der Waals surface area contributed by atoms with Gasteiger partial charge in [-0.25, -0.2) is 0 Å². The number of nitrogens with two attached hydrogens (primary N) is 1. The van der Waals surface area contributed by atoms with E-state index in [-0.39, 0.29) is 5.91 Å². The van der Waals surface area contributed by atoms with Gasteiger partial charge in [0, 0.05) is 38.8 Å². The van der Waals surface area contributed by atoms with E-state index in [9.17, 15) is 4.79 Å². The maximum absolute atomic E-state index is 11.9. The van der Waals surface area contributed by atoms with Crippen molar-refractivity contribution in [2.45, 2.75) is 19.5 Å². The summed E-state index contributed by atoms with van der Waals surface area (Å²) in [6, 6.07) is 5.47. The highest BCUT2D eigenvalue weighted by molar-refractivity contribution is 5.81. The Hall–Kier alpha value is -1.79. The van der Waals surface area contributed by atoms with Crippen molar-refractivity contribution in [1.29, 1.82) is 0 Å². The number of nitrogens with zero attached hydrogens (tertiary/aromatic N) is 2. The second-order valence-corrected chi connectivity index (χ2v) is 5.61. The molecule has 122 valence electrons. The minimum atomic E-state index is -0.422. The second kappa shape index (κ2) is 7.47. The lowest BCUT2D eigenvalue weighted by Gasteiger charge is -2.35. The summed E-state index contributed by atoms with van der Waals surface area (Å²) in [5, 5.41) is 0. The summed E-state index contributed by atoms with van der Waals surface area (Å²) in [6.07, 6.45) is 0. The minimum absolute atomic E-state index is 0.0303. The van der Waals surface area contributed by atoms with Gasteiger partial charge in [0.2, 0.25) is 5.91 Å². The molecule has 2 N–H and O–H groups in total. The monoisotopic (exact) mass is 307 g/mol. The maximum atomic E-state index is 11.9. The molecule has 2 rings (SSSR count). The van der Waals surface area contributed by atoms with Crippen LogP contribution < -0.4 is 15.2 Å². The topological polar surface area (TPSA) is 68.0 Å². The first-order chi connectivity index (χ1) is 10.5. The Balaban J connectivity index is 1.94. The van der Waals surface area contributed by atoms with Gasteiger partial charge in [-0.2, -0.15) is 0 Å². The van der Waals surface area contributed by atoms with E-state index in [1.54, 1.807) is 21.1 Å². The summed E-state index contributed by atoms with van der Waals surface area (Å²) < 4.78 is 10.6. The zero-order chi connectivity index (χ0) is 16.1. The van der Waals surface area contributed by atoms with Crippen LogP contribution in [0.3, 0.4) is 0 Å². The Morgan fingerprint density at radius 1 is 1.14 bits per heavy atom. The lowest BCUT2D eigenvalue weighted by atomic mass is 10.1. The molecule has 1 aromatic rings. The van der Waals surface area contributed by atoms with Crippen LogP contribution in [0.15, 0.2) is 18.2 Å². The largest absolute Gasteiger partial charge is 0.497 e. The Bertz CT molecular complexity index is 489. The third kappa shape index (κ3) is 4.11. The molecule has 1 heterocycles. The fraction of sp³-hybridized carbons (Fsp3) is 0.562. The van der Waals surface area contributed by atoms with Crippen molar-refractivity contribution >= 4 is 5.91 Å². The Labute approximate surface area is 131 Å². The smallest absolute Gasteiger partial charge is 0.239 e. The predicted molar refractivity (Wildman–Crippen MR) is 85.1 cm³/mol. The summed E-state index contributed by atoms with van der Waals surface area (Å²) in [7, 11) is 3.30. The summed E-state index contributed by atoms with van der Waals surface area (Å²) in [4.78, 5) is 16.0. The first-order valence-electron chi connectivity index (χ1n) is 7.52. The molecule has 0 saturated carbocycles. The molecule has 22 heavy (non-hydrogen) atoms. The lowest BCUT2D eigenvalue weighted by molar-refractivity contribution is -0.134. The third-order valence-electron chi connectivity index (χ3n) is 3.89. The standard InChI is InChI=1S/C16H25N3O3/c1-12(17)16(20)19-6-4-18(5-7-19)11-13-8-14(21-2)10-15(9-13)22-3/h8-10,12H,4-7,11,17H2,1-3H3/t12-/m1/s1. The summed E-state index contributed by atoms with van der Waals surface area (Å²) in [5.41, 5.74) is 6.80. The number of hydrogen-bond acceptors (Lipinski definition) is 5. The molecule has 6 heteroatoms. The second-order valence-electron chi connectivity index (χ2n) is 5.61. The van der Waals surface area contributed by atoms with Gasteiger partial charge >= 0.3 is 0 Å².